The summed E-state index contributed by atoms with van der Waals surface area (Å²) in [5.41, 5.74) is 1.20. The van der Waals surface area contributed by atoms with Crippen molar-refractivity contribution in [2.75, 3.05) is 27.4 Å². The van der Waals surface area contributed by atoms with Crippen LogP contribution in [-0.4, -0.2) is 43.1 Å². The third kappa shape index (κ3) is 4.11. The summed E-state index contributed by atoms with van der Waals surface area (Å²) in [5.74, 6) is -0.264. The highest BCUT2D eigenvalue weighted by Crippen LogP contribution is 2.27. The van der Waals surface area contributed by atoms with E-state index in [-0.39, 0.29) is 11.6 Å². The van der Waals surface area contributed by atoms with E-state index in [1.165, 1.54) is 13.2 Å². The zero-order valence-electron chi connectivity index (χ0n) is 14.1. The second-order valence-electron chi connectivity index (χ2n) is 5.18. The van der Waals surface area contributed by atoms with E-state index < -0.39 is 5.82 Å². The Morgan fingerprint density at radius 2 is 2.12 bits per heavy atom. The second kappa shape index (κ2) is 8.44. The number of halogens is 1. The number of carbonyl (C=O) groups is 1. The molecule has 0 saturated heterocycles. The maximum Gasteiger partial charge on any atom is 0.271 e. The van der Waals surface area contributed by atoms with Crippen LogP contribution in [-0.2, 0) is 11.3 Å². The van der Waals surface area contributed by atoms with Gasteiger partial charge in [-0.3, -0.25) is 9.48 Å². The summed E-state index contributed by atoms with van der Waals surface area (Å²) in [6.07, 6.45) is 0.719. The zero-order valence-corrected chi connectivity index (χ0v) is 14.1. The average Bonchev–Trinajstić information content (AvgIpc) is 3.02. The number of aryl methyl sites for hydroxylation is 1. The van der Waals surface area contributed by atoms with Crippen molar-refractivity contribution >= 4 is 5.91 Å². The van der Waals surface area contributed by atoms with Gasteiger partial charge in [-0.05, 0) is 31.5 Å². The van der Waals surface area contributed by atoms with Gasteiger partial charge in [0.2, 0.25) is 0 Å². The highest BCUT2D eigenvalue weighted by molar-refractivity contribution is 5.93. The molecule has 2 aromatic rings. The van der Waals surface area contributed by atoms with E-state index in [0.717, 1.165) is 6.42 Å². The summed E-state index contributed by atoms with van der Waals surface area (Å²) < 4.78 is 25.9. The molecule has 24 heavy (non-hydrogen) atoms. The van der Waals surface area contributed by atoms with E-state index in [1.807, 2.05) is 6.92 Å². The normalized spacial score (nSPS) is 10.7. The molecule has 2 rings (SSSR count). The van der Waals surface area contributed by atoms with E-state index >= 15 is 0 Å². The van der Waals surface area contributed by atoms with Crippen LogP contribution in [0.25, 0.3) is 11.3 Å². The Morgan fingerprint density at radius 3 is 2.75 bits per heavy atom. The highest BCUT2D eigenvalue weighted by atomic mass is 19.1. The van der Waals surface area contributed by atoms with Crippen molar-refractivity contribution in [1.82, 2.24) is 15.1 Å². The quantitative estimate of drug-likeness (QED) is 0.753. The first-order valence-electron chi connectivity index (χ1n) is 7.79. The van der Waals surface area contributed by atoms with Crippen LogP contribution >= 0.6 is 0 Å². The molecule has 0 unspecified atom stereocenters. The summed E-state index contributed by atoms with van der Waals surface area (Å²) in [6.45, 7) is 3.49. The van der Waals surface area contributed by atoms with E-state index in [2.05, 4.69) is 10.4 Å². The number of aromatic nitrogens is 2. The maximum atomic E-state index is 14.3. The van der Waals surface area contributed by atoms with Gasteiger partial charge in [-0.15, -0.1) is 0 Å². The van der Waals surface area contributed by atoms with Crippen LogP contribution in [0.15, 0.2) is 24.3 Å². The van der Waals surface area contributed by atoms with Crippen LogP contribution in [0, 0.1) is 5.82 Å². The lowest BCUT2D eigenvalue weighted by molar-refractivity contribution is 0.0943. The van der Waals surface area contributed by atoms with Gasteiger partial charge in [0.15, 0.2) is 5.69 Å². The first-order chi connectivity index (χ1) is 11.6. The first-order valence-corrected chi connectivity index (χ1v) is 7.79. The van der Waals surface area contributed by atoms with Crippen LogP contribution < -0.4 is 10.1 Å². The minimum Gasteiger partial charge on any atom is -0.497 e. The zero-order chi connectivity index (χ0) is 17.5. The summed E-state index contributed by atoms with van der Waals surface area (Å²) in [5, 5.41) is 7.04. The molecule has 0 atom stereocenters. The molecule has 6 nitrogen and oxygen atoms in total. The van der Waals surface area contributed by atoms with Crippen molar-refractivity contribution < 1.29 is 18.7 Å². The lowest BCUT2D eigenvalue weighted by Crippen LogP contribution is -2.25. The summed E-state index contributed by atoms with van der Waals surface area (Å²) >= 11 is 0. The molecule has 0 spiro atoms. The van der Waals surface area contributed by atoms with Crippen molar-refractivity contribution in [2.45, 2.75) is 19.9 Å². The number of rotatable bonds is 8. The van der Waals surface area contributed by atoms with E-state index in [0.29, 0.717) is 36.7 Å². The van der Waals surface area contributed by atoms with Crippen molar-refractivity contribution in [2.24, 2.45) is 0 Å². The molecule has 1 aromatic heterocycles. The number of nitrogens with one attached hydrogen (secondary N) is 1. The number of benzene rings is 1. The fourth-order valence-corrected chi connectivity index (χ4v) is 2.33. The third-order valence-corrected chi connectivity index (χ3v) is 3.58. The molecule has 0 bridgehead atoms. The minimum absolute atomic E-state index is 0.263. The third-order valence-electron chi connectivity index (χ3n) is 3.58. The standard InChI is InChI=1S/C17H22FN3O3/c1-4-21-16(13-7-6-12(24-3)10-14(13)18)11-15(20-21)17(22)19-8-5-9-23-2/h6-7,10-11H,4-5,8-9H2,1-3H3,(H,19,22). The van der Waals surface area contributed by atoms with Crippen LogP contribution in [0.5, 0.6) is 5.75 Å². The van der Waals surface area contributed by atoms with Gasteiger partial charge in [-0.25, -0.2) is 4.39 Å². The predicted molar refractivity (Wildman–Crippen MR) is 88.7 cm³/mol. The van der Waals surface area contributed by atoms with Gasteiger partial charge in [-0.2, -0.15) is 5.10 Å². The molecule has 1 N–H and O–H groups in total. The molecule has 1 amide bonds. The molecule has 0 aliphatic heterocycles. The van der Waals surface area contributed by atoms with Gasteiger partial charge in [0, 0.05) is 38.4 Å². The van der Waals surface area contributed by atoms with Crippen molar-refractivity contribution in [3.63, 3.8) is 0 Å². The molecule has 7 heteroatoms. The Kier molecular flexibility index (Phi) is 6.31. The molecule has 0 aliphatic carbocycles. The fraction of sp³-hybridized carbons (Fsp3) is 0.412. The van der Waals surface area contributed by atoms with Gasteiger partial charge < -0.3 is 14.8 Å². The Morgan fingerprint density at radius 1 is 1.33 bits per heavy atom. The smallest absolute Gasteiger partial charge is 0.271 e. The van der Waals surface area contributed by atoms with E-state index in [4.69, 9.17) is 9.47 Å². The number of nitrogens with zero attached hydrogens (tertiary/aromatic N) is 2. The van der Waals surface area contributed by atoms with Crippen LogP contribution in [0.2, 0.25) is 0 Å². The van der Waals surface area contributed by atoms with Gasteiger partial charge in [0.1, 0.15) is 11.6 Å². The number of hydrogen-bond donors (Lipinski definition) is 1. The van der Waals surface area contributed by atoms with Gasteiger partial charge >= 0.3 is 0 Å². The number of amides is 1. The fourth-order valence-electron chi connectivity index (χ4n) is 2.33. The largest absolute Gasteiger partial charge is 0.497 e. The molecule has 0 saturated carbocycles. The molecule has 1 heterocycles. The number of carbonyl (C=O) groups excluding carboxylic acids is 1. The molecule has 130 valence electrons. The topological polar surface area (TPSA) is 65.4 Å². The summed E-state index contributed by atoms with van der Waals surface area (Å²) in [4.78, 5) is 12.2. The Hall–Kier alpha value is -2.41. The molecule has 0 fully saturated rings. The first kappa shape index (κ1) is 17.9. The molecule has 0 radical (unpaired) electrons. The minimum atomic E-state index is -0.420. The molecular formula is C17H22FN3O3. The lowest BCUT2D eigenvalue weighted by Gasteiger charge is -2.07. The van der Waals surface area contributed by atoms with Crippen molar-refractivity contribution in [1.29, 1.82) is 0 Å². The number of methoxy groups -OCH3 is 2. The van der Waals surface area contributed by atoms with Gasteiger partial charge in [0.05, 0.1) is 12.8 Å². The monoisotopic (exact) mass is 335 g/mol. The van der Waals surface area contributed by atoms with Crippen molar-refractivity contribution in [3.8, 4) is 17.0 Å². The second-order valence-corrected chi connectivity index (χ2v) is 5.18. The number of hydrogen-bond acceptors (Lipinski definition) is 4. The van der Waals surface area contributed by atoms with E-state index in [9.17, 15) is 9.18 Å². The highest BCUT2D eigenvalue weighted by Gasteiger charge is 2.17. The van der Waals surface area contributed by atoms with Crippen LogP contribution in [0.4, 0.5) is 4.39 Å². The van der Waals surface area contributed by atoms with Gasteiger partial charge in [0.25, 0.3) is 5.91 Å². The maximum absolute atomic E-state index is 14.3. The molecule has 0 aliphatic rings. The van der Waals surface area contributed by atoms with Gasteiger partial charge in [-0.1, -0.05) is 0 Å². The Balaban J connectivity index is 2.22. The number of ether oxygens (including phenoxy) is 2. The SMILES string of the molecule is CCn1nc(C(=O)NCCCOC)cc1-c1ccc(OC)cc1F. The lowest BCUT2D eigenvalue weighted by atomic mass is 10.1. The predicted octanol–water partition coefficient (Wildman–Crippen LogP) is 2.48. The Bertz CT molecular complexity index is 700. The van der Waals surface area contributed by atoms with Crippen LogP contribution in [0.3, 0.4) is 0 Å². The summed E-state index contributed by atoms with van der Waals surface area (Å²) in [7, 11) is 3.09. The average molecular weight is 335 g/mol. The summed E-state index contributed by atoms with van der Waals surface area (Å²) in [6, 6.07) is 6.21. The molecular weight excluding hydrogens is 313 g/mol. The van der Waals surface area contributed by atoms with Crippen LogP contribution in [0.1, 0.15) is 23.8 Å². The van der Waals surface area contributed by atoms with E-state index in [1.54, 1.807) is 30.0 Å². The van der Waals surface area contributed by atoms with Crippen molar-refractivity contribution in [3.05, 3.63) is 35.8 Å². The molecule has 1 aromatic carbocycles. The Labute approximate surface area is 140 Å².